The van der Waals surface area contributed by atoms with Gasteiger partial charge in [-0.05, 0) is 19.1 Å². The molecule has 0 radical (unpaired) electrons. The van der Waals surface area contributed by atoms with Gasteiger partial charge in [-0.3, -0.25) is 9.59 Å². The summed E-state index contributed by atoms with van der Waals surface area (Å²) in [6.07, 6.45) is 0. The van der Waals surface area contributed by atoms with Gasteiger partial charge < -0.3 is 19.9 Å². The highest BCUT2D eigenvalue weighted by Gasteiger charge is 2.23. The number of amides is 1. The second-order valence-corrected chi connectivity index (χ2v) is 3.57. The van der Waals surface area contributed by atoms with Crippen LogP contribution in [0.4, 0.5) is 0 Å². The van der Waals surface area contributed by atoms with E-state index in [1.54, 1.807) is 18.2 Å². The summed E-state index contributed by atoms with van der Waals surface area (Å²) in [6.45, 7) is 1.45. The summed E-state index contributed by atoms with van der Waals surface area (Å²) >= 11 is 0. The van der Waals surface area contributed by atoms with Crippen molar-refractivity contribution in [1.29, 1.82) is 0 Å². The van der Waals surface area contributed by atoms with Gasteiger partial charge in [0.05, 0.1) is 5.56 Å². The highest BCUT2D eigenvalue weighted by Crippen LogP contribution is 2.35. The van der Waals surface area contributed by atoms with Crippen LogP contribution in [0, 0.1) is 0 Å². The van der Waals surface area contributed by atoms with Crippen molar-refractivity contribution in [1.82, 2.24) is 5.32 Å². The van der Waals surface area contributed by atoms with E-state index in [0.29, 0.717) is 11.5 Å². The minimum Gasteiger partial charge on any atom is -0.480 e. The summed E-state index contributed by atoms with van der Waals surface area (Å²) in [7, 11) is 0. The summed E-state index contributed by atoms with van der Waals surface area (Å²) in [5.41, 5.74) is 0.271. The van der Waals surface area contributed by atoms with Crippen LogP contribution in [-0.2, 0) is 4.79 Å². The van der Waals surface area contributed by atoms with E-state index in [0.717, 1.165) is 0 Å². The van der Waals surface area contributed by atoms with Crippen molar-refractivity contribution in [2.24, 2.45) is 0 Å². The number of nitrogens with one attached hydrogen (secondary N) is 1. The number of para-hydroxylation sites is 1. The predicted molar refractivity (Wildman–Crippen MR) is 57.1 cm³/mol. The van der Waals surface area contributed by atoms with Crippen molar-refractivity contribution in [3.63, 3.8) is 0 Å². The molecule has 0 aliphatic carbocycles. The molecule has 0 bridgehead atoms. The Labute approximate surface area is 97.1 Å². The molecule has 90 valence electrons. The molecule has 1 aromatic rings. The van der Waals surface area contributed by atoms with Gasteiger partial charge in [-0.2, -0.15) is 0 Å². The van der Waals surface area contributed by atoms with Crippen LogP contribution >= 0.6 is 0 Å². The Morgan fingerprint density at radius 1 is 1.41 bits per heavy atom. The molecule has 0 saturated carbocycles. The maximum atomic E-state index is 11.8. The van der Waals surface area contributed by atoms with Crippen LogP contribution in [0.1, 0.15) is 17.3 Å². The first-order valence-corrected chi connectivity index (χ1v) is 5.02. The summed E-state index contributed by atoms with van der Waals surface area (Å²) in [4.78, 5) is 22.4. The number of rotatable bonds is 3. The van der Waals surface area contributed by atoms with Crippen molar-refractivity contribution in [3.05, 3.63) is 23.8 Å². The molecule has 0 spiro atoms. The fourth-order valence-electron chi connectivity index (χ4n) is 1.45. The van der Waals surface area contributed by atoms with Crippen LogP contribution < -0.4 is 14.8 Å². The Kier molecular flexibility index (Phi) is 2.86. The predicted octanol–water partition coefficient (Wildman–Crippen LogP) is 0.618. The fraction of sp³-hybridized carbons (Fsp3) is 0.273. The number of hydrogen-bond acceptors (Lipinski definition) is 4. The van der Waals surface area contributed by atoms with E-state index in [2.05, 4.69) is 5.32 Å². The van der Waals surface area contributed by atoms with E-state index in [-0.39, 0.29) is 12.4 Å². The van der Waals surface area contributed by atoms with Gasteiger partial charge in [-0.25, -0.2) is 0 Å². The van der Waals surface area contributed by atoms with Crippen molar-refractivity contribution in [3.8, 4) is 11.5 Å². The van der Waals surface area contributed by atoms with E-state index in [1.165, 1.54) is 6.92 Å². The molecule has 1 aliphatic rings. The molecular formula is C11H11NO5. The lowest BCUT2D eigenvalue weighted by atomic mass is 10.1. The molecule has 1 atom stereocenters. The molecule has 2 N–H and O–H groups in total. The molecule has 1 heterocycles. The molecule has 17 heavy (non-hydrogen) atoms. The average molecular weight is 237 g/mol. The molecule has 0 aromatic heterocycles. The quantitative estimate of drug-likeness (QED) is 0.804. The van der Waals surface area contributed by atoms with Crippen molar-refractivity contribution < 1.29 is 24.2 Å². The maximum absolute atomic E-state index is 11.8. The molecule has 0 saturated heterocycles. The van der Waals surface area contributed by atoms with Gasteiger partial charge in [0.25, 0.3) is 5.91 Å². The summed E-state index contributed by atoms with van der Waals surface area (Å²) in [5.74, 6) is -0.756. The third kappa shape index (κ3) is 2.15. The first kappa shape index (κ1) is 11.3. The normalized spacial score (nSPS) is 14.2. The van der Waals surface area contributed by atoms with Gasteiger partial charge in [-0.15, -0.1) is 0 Å². The van der Waals surface area contributed by atoms with Crippen LogP contribution in [0.15, 0.2) is 18.2 Å². The van der Waals surface area contributed by atoms with Crippen LogP contribution in [0.2, 0.25) is 0 Å². The van der Waals surface area contributed by atoms with Crippen molar-refractivity contribution in [2.75, 3.05) is 6.79 Å². The first-order chi connectivity index (χ1) is 8.09. The Bertz CT molecular complexity index is 471. The zero-order valence-electron chi connectivity index (χ0n) is 9.10. The second kappa shape index (κ2) is 4.32. The third-order valence-electron chi connectivity index (χ3n) is 2.36. The van der Waals surface area contributed by atoms with Gasteiger partial charge in [0.2, 0.25) is 6.79 Å². The molecule has 1 aromatic carbocycles. The third-order valence-corrected chi connectivity index (χ3v) is 2.36. The maximum Gasteiger partial charge on any atom is 0.325 e. The molecule has 1 aliphatic heterocycles. The Hall–Kier alpha value is -2.24. The number of fused-ring (bicyclic) bond motifs is 1. The topological polar surface area (TPSA) is 84.9 Å². The summed E-state index contributed by atoms with van der Waals surface area (Å²) < 4.78 is 10.3. The van der Waals surface area contributed by atoms with Gasteiger partial charge >= 0.3 is 5.97 Å². The second-order valence-electron chi connectivity index (χ2n) is 3.57. The number of carboxylic acid groups (broad SMARTS) is 1. The fourth-order valence-corrected chi connectivity index (χ4v) is 1.45. The van der Waals surface area contributed by atoms with E-state index in [9.17, 15) is 9.59 Å². The molecule has 6 nitrogen and oxygen atoms in total. The number of hydrogen-bond donors (Lipinski definition) is 2. The van der Waals surface area contributed by atoms with Crippen LogP contribution in [-0.4, -0.2) is 29.8 Å². The SMILES string of the molecule is C[C@H](NC(=O)c1cccc2c1OCO2)C(=O)O. The van der Waals surface area contributed by atoms with E-state index in [1.807, 2.05) is 0 Å². The lowest BCUT2D eigenvalue weighted by molar-refractivity contribution is -0.138. The van der Waals surface area contributed by atoms with Crippen LogP contribution in [0.25, 0.3) is 0 Å². The Morgan fingerprint density at radius 3 is 2.88 bits per heavy atom. The zero-order chi connectivity index (χ0) is 12.4. The van der Waals surface area contributed by atoms with E-state index >= 15 is 0 Å². The lowest BCUT2D eigenvalue weighted by Crippen LogP contribution is -2.38. The van der Waals surface area contributed by atoms with E-state index < -0.39 is 17.9 Å². The van der Waals surface area contributed by atoms with Gasteiger partial charge in [0.1, 0.15) is 6.04 Å². The zero-order valence-corrected chi connectivity index (χ0v) is 9.10. The van der Waals surface area contributed by atoms with Gasteiger partial charge in [0, 0.05) is 0 Å². The number of benzene rings is 1. The molecule has 0 unspecified atom stereocenters. The molecule has 1 amide bonds. The number of carboxylic acids is 1. The number of carbonyl (C=O) groups is 2. The largest absolute Gasteiger partial charge is 0.480 e. The van der Waals surface area contributed by atoms with Gasteiger partial charge in [0.15, 0.2) is 11.5 Å². The van der Waals surface area contributed by atoms with Crippen LogP contribution in [0.3, 0.4) is 0 Å². The summed E-state index contributed by atoms with van der Waals surface area (Å²) in [5, 5.41) is 11.1. The highest BCUT2D eigenvalue weighted by molar-refractivity contribution is 5.99. The molecular weight excluding hydrogens is 226 g/mol. The van der Waals surface area contributed by atoms with E-state index in [4.69, 9.17) is 14.6 Å². The van der Waals surface area contributed by atoms with Gasteiger partial charge in [-0.1, -0.05) is 6.07 Å². The monoisotopic (exact) mass is 237 g/mol. The number of aliphatic carboxylic acids is 1. The minimum absolute atomic E-state index is 0.0636. The average Bonchev–Trinajstić information content (AvgIpc) is 2.76. The van der Waals surface area contributed by atoms with Crippen molar-refractivity contribution >= 4 is 11.9 Å². The standard InChI is InChI=1S/C11H11NO5/c1-6(11(14)15)12-10(13)7-3-2-4-8-9(7)17-5-16-8/h2-4,6H,5H2,1H3,(H,12,13)(H,14,15)/t6-/m0/s1. The lowest BCUT2D eigenvalue weighted by Gasteiger charge is -2.10. The molecule has 6 heteroatoms. The minimum atomic E-state index is -1.09. The smallest absolute Gasteiger partial charge is 0.325 e. The van der Waals surface area contributed by atoms with Crippen molar-refractivity contribution in [2.45, 2.75) is 13.0 Å². The number of carbonyl (C=O) groups excluding carboxylic acids is 1. The molecule has 0 fully saturated rings. The summed E-state index contributed by atoms with van der Waals surface area (Å²) in [6, 6.07) is 3.92. The van der Waals surface area contributed by atoms with Crippen LogP contribution in [0.5, 0.6) is 11.5 Å². The Morgan fingerprint density at radius 2 is 2.18 bits per heavy atom. The molecule has 2 rings (SSSR count). The first-order valence-electron chi connectivity index (χ1n) is 5.02. The highest BCUT2D eigenvalue weighted by atomic mass is 16.7. The number of ether oxygens (including phenoxy) is 2. The Balaban J connectivity index is 2.20.